The number of hydrogen-bond acceptors (Lipinski definition) is 5. The van der Waals surface area contributed by atoms with E-state index in [-0.39, 0.29) is 24.5 Å². The zero-order chi connectivity index (χ0) is 15.2. The number of carbonyl (C=O) groups excluding carboxylic acids is 2. The van der Waals surface area contributed by atoms with Crippen molar-refractivity contribution in [3.63, 3.8) is 0 Å². The zero-order valence-corrected chi connectivity index (χ0v) is 12.3. The number of likely N-dealkylation sites (tertiary alicyclic amines) is 1. The van der Waals surface area contributed by atoms with Crippen molar-refractivity contribution in [2.75, 3.05) is 32.6 Å². The van der Waals surface area contributed by atoms with E-state index in [0.29, 0.717) is 11.4 Å². The fourth-order valence-corrected chi connectivity index (χ4v) is 2.50. The standard InChI is InChI=1S/C15H20N2O4/c1-20-12-6-3-5-11(9-12)16-14(18)10-17-8-4-7-13(17)15(19)21-2/h3,5-6,9,13H,4,7-8,10H2,1-2H3,(H,16,18). The number of esters is 1. The van der Waals surface area contributed by atoms with Crippen LogP contribution in [0.2, 0.25) is 0 Å². The van der Waals surface area contributed by atoms with Gasteiger partial charge in [0, 0.05) is 11.8 Å². The van der Waals surface area contributed by atoms with Crippen LogP contribution in [-0.4, -0.2) is 50.1 Å². The van der Waals surface area contributed by atoms with Crippen molar-refractivity contribution in [2.24, 2.45) is 0 Å². The van der Waals surface area contributed by atoms with Gasteiger partial charge in [0.1, 0.15) is 11.8 Å². The first-order valence-electron chi connectivity index (χ1n) is 6.90. The summed E-state index contributed by atoms with van der Waals surface area (Å²) in [6, 6.07) is 6.85. The summed E-state index contributed by atoms with van der Waals surface area (Å²) in [5.41, 5.74) is 0.674. The van der Waals surface area contributed by atoms with Crippen LogP contribution in [0.15, 0.2) is 24.3 Å². The first-order chi connectivity index (χ1) is 10.1. The predicted molar refractivity (Wildman–Crippen MR) is 78.2 cm³/mol. The van der Waals surface area contributed by atoms with Crippen molar-refractivity contribution < 1.29 is 19.1 Å². The van der Waals surface area contributed by atoms with Crippen molar-refractivity contribution in [1.29, 1.82) is 0 Å². The second-order valence-electron chi connectivity index (χ2n) is 4.93. The molecule has 0 aliphatic carbocycles. The first-order valence-corrected chi connectivity index (χ1v) is 6.90. The third-order valence-electron chi connectivity index (χ3n) is 3.54. The van der Waals surface area contributed by atoms with E-state index in [0.717, 1.165) is 19.4 Å². The van der Waals surface area contributed by atoms with Crippen molar-refractivity contribution in [3.8, 4) is 5.75 Å². The Balaban J connectivity index is 1.93. The molecule has 1 atom stereocenters. The zero-order valence-electron chi connectivity index (χ0n) is 12.3. The van der Waals surface area contributed by atoms with Gasteiger partial charge in [0.15, 0.2) is 0 Å². The van der Waals surface area contributed by atoms with Gasteiger partial charge in [-0.05, 0) is 31.5 Å². The van der Waals surface area contributed by atoms with Gasteiger partial charge in [-0.15, -0.1) is 0 Å². The molecule has 0 saturated carbocycles. The molecule has 6 nitrogen and oxygen atoms in total. The Morgan fingerprint density at radius 2 is 2.19 bits per heavy atom. The largest absolute Gasteiger partial charge is 0.497 e. The summed E-state index contributed by atoms with van der Waals surface area (Å²) < 4.78 is 9.88. The number of methoxy groups -OCH3 is 2. The van der Waals surface area contributed by atoms with Gasteiger partial charge < -0.3 is 14.8 Å². The smallest absolute Gasteiger partial charge is 0.323 e. The van der Waals surface area contributed by atoms with Gasteiger partial charge in [-0.1, -0.05) is 6.07 Å². The summed E-state index contributed by atoms with van der Waals surface area (Å²) in [6.07, 6.45) is 1.63. The Bertz CT molecular complexity index is 518. The lowest BCUT2D eigenvalue weighted by Gasteiger charge is -2.21. The van der Waals surface area contributed by atoms with Crippen LogP contribution in [0.25, 0.3) is 0 Å². The quantitative estimate of drug-likeness (QED) is 0.828. The van der Waals surface area contributed by atoms with Gasteiger partial charge in [-0.3, -0.25) is 14.5 Å². The maximum atomic E-state index is 12.1. The summed E-state index contributed by atoms with van der Waals surface area (Å²) in [5.74, 6) is 0.252. The lowest BCUT2D eigenvalue weighted by Crippen LogP contribution is -2.41. The highest BCUT2D eigenvalue weighted by Crippen LogP contribution is 2.19. The van der Waals surface area contributed by atoms with E-state index >= 15 is 0 Å². The molecular weight excluding hydrogens is 272 g/mol. The van der Waals surface area contributed by atoms with Gasteiger partial charge in [0.05, 0.1) is 20.8 Å². The molecule has 1 unspecified atom stereocenters. The predicted octanol–water partition coefficient (Wildman–Crippen LogP) is 1.27. The Labute approximate surface area is 124 Å². The molecule has 0 bridgehead atoms. The molecule has 1 N–H and O–H groups in total. The fraction of sp³-hybridized carbons (Fsp3) is 0.467. The van der Waals surface area contributed by atoms with Crippen molar-refractivity contribution >= 4 is 17.6 Å². The molecule has 1 fully saturated rings. The Hall–Kier alpha value is -2.08. The number of nitrogens with zero attached hydrogens (tertiary/aromatic N) is 1. The van der Waals surface area contributed by atoms with E-state index in [2.05, 4.69) is 5.32 Å². The van der Waals surface area contributed by atoms with E-state index in [9.17, 15) is 9.59 Å². The second kappa shape index (κ2) is 7.08. The van der Waals surface area contributed by atoms with E-state index < -0.39 is 0 Å². The Morgan fingerprint density at radius 3 is 2.90 bits per heavy atom. The van der Waals surface area contributed by atoms with Crippen LogP contribution in [0.3, 0.4) is 0 Å². The van der Waals surface area contributed by atoms with Crippen molar-refractivity contribution in [2.45, 2.75) is 18.9 Å². The molecule has 0 spiro atoms. The maximum absolute atomic E-state index is 12.1. The number of benzene rings is 1. The fourth-order valence-electron chi connectivity index (χ4n) is 2.50. The van der Waals surface area contributed by atoms with Gasteiger partial charge in [0.25, 0.3) is 0 Å². The molecule has 1 aromatic carbocycles. The van der Waals surface area contributed by atoms with E-state index in [1.165, 1.54) is 7.11 Å². The molecule has 1 aliphatic rings. The number of rotatable bonds is 5. The van der Waals surface area contributed by atoms with Crippen LogP contribution in [0.5, 0.6) is 5.75 Å². The number of ether oxygens (including phenoxy) is 2. The number of anilines is 1. The molecule has 1 amide bonds. The number of amides is 1. The molecule has 1 heterocycles. The summed E-state index contributed by atoms with van der Waals surface area (Å²) in [6.45, 7) is 0.905. The number of hydrogen-bond donors (Lipinski definition) is 1. The van der Waals surface area contributed by atoms with E-state index in [1.807, 2.05) is 17.0 Å². The van der Waals surface area contributed by atoms with Crippen LogP contribution < -0.4 is 10.1 Å². The Kier molecular flexibility index (Phi) is 5.16. The minimum Gasteiger partial charge on any atom is -0.497 e. The molecule has 114 valence electrons. The molecular formula is C15H20N2O4. The third kappa shape index (κ3) is 3.95. The summed E-state index contributed by atoms with van der Waals surface area (Å²) in [4.78, 5) is 25.6. The topological polar surface area (TPSA) is 67.9 Å². The Morgan fingerprint density at radius 1 is 1.38 bits per heavy atom. The van der Waals surface area contributed by atoms with Crippen LogP contribution in [0, 0.1) is 0 Å². The summed E-state index contributed by atoms with van der Waals surface area (Å²) in [5, 5.41) is 2.81. The van der Waals surface area contributed by atoms with Crippen molar-refractivity contribution in [1.82, 2.24) is 4.90 Å². The van der Waals surface area contributed by atoms with Crippen LogP contribution in [0.1, 0.15) is 12.8 Å². The summed E-state index contributed by atoms with van der Waals surface area (Å²) >= 11 is 0. The van der Waals surface area contributed by atoms with E-state index in [4.69, 9.17) is 9.47 Å². The molecule has 21 heavy (non-hydrogen) atoms. The lowest BCUT2D eigenvalue weighted by atomic mass is 10.2. The highest BCUT2D eigenvalue weighted by molar-refractivity contribution is 5.92. The molecule has 1 aliphatic heterocycles. The molecule has 0 aromatic heterocycles. The van der Waals surface area contributed by atoms with Crippen molar-refractivity contribution in [3.05, 3.63) is 24.3 Å². The van der Waals surface area contributed by atoms with Gasteiger partial charge in [-0.25, -0.2) is 0 Å². The molecule has 2 rings (SSSR count). The monoisotopic (exact) mass is 292 g/mol. The van der Waals surface area contributed by atoms with E-state index in [1.54, 1.807) is 19.2 Å². The molecule has 6 heteroatoms. The van der Waals surface area contributed by atoms with Crippen LogP contribution >= 0.6 is 0 Å². The molecule has 1 aromatic rings. The maximum Gasteiger partial charge on any atom is 0.323 e. The van der Waals surface area contributed by atoms with Gasteiger partial charge in [-0.2, -0.15) is 0 Å². The first kappa shape index (κ1) is 15.3. The lowest BCUT2D eigenvalue weighted by molar-refractivity contribution is -0.146. The minimum absolute atomic E-state index is 0.154. The van der Waals surface area contributed by atoms with Crippen LogP contribution in [-0.2, 0) is 14.3 Å². The highest BCUT2D eigenvalue weighted by Gasteiger charge is 2.32. The molecule has 0 radical (unpaired) electrons. The highest BCUT2D eigenvalue weighted by atomic mass is 16.5. The minimum atomic E-state index is -0.314. The number of carbonyl (C=O) groups is 2. The third-order valence-corrected chi connectivity index (χ3v) is 3.54. The number of nitrogens with one attached hydrogen (secondary N) is 1. The average Bonchev–Trinajstić information content (AvgIpc) is 2.94. The van der Waals surface area contributed by atoms with Gasteiger partial charge >= 0.3 is 5.97 Å². The molecule has 1 saturated heterocycles. The summed E-state index contributed by atoms with van der Waals surface area (Å²) in [7, 11) is 2.95. The average molecular weight is 292 g/mol. The normalized spacial score (nSPS) is 18.3. The second-order valence-corrected chi connectivity index (χ2v) is 4.93. The SMILES string of the molecule is COC(=O)C1CCCN1CC(=O)Nc1cccc(OC)c1. The van der Waals surface area contributed by atoms with Gasteiger partial charge in [0.2, 0.25) is 5.91 Å². The van der Waals surface area contributed by atoms with Crippen LogP contribution in [0.4, 0.5) is 5.69 Å².